The molecule has 2 amide bonds. The second kappa shape index (κ2) is 8.33. The number of primary amides is 1. The summed E-state index contributed by atoms with van der Waals surface area (Å²) in [7, 11) is 5.39. The average molecular weight is 387 g/mol. The number of anilines is 1. The number of likely N-dealkylation sites (N-methyl/N-ethyl adjacent to an activating group) is 1. The number of nitro groups is 1. The van der Waals surface area contributed by atoms with Crippen LogP contribution in [0.4, 0.5) is 11.4 Å². The standard InChI is InChI=1S/C18H21N5O5/c1-20(2)13-6-4-12(5-7-13)9-21(3)16(24)11-22-10-14(23(27)28)8-15(17(19)25)18(22)26/h4-8,10H,9,11H2,1-3H3,(H2,19,25). The minimum absolute atomic E-state index is 0.291. The smallest absolute Gasteiger partial charge is 0.286 e. The first-order chi connectivity index (χ1) is 13.1. The summed E-state index contributed by atoms with van der Waals surface area (Å²) in [6.07, 6.45) is 0.923. The average Bonchev–Trinajstić information content (AvgIpc) is 2.63. The highest BCUT2D eigenvalue weighted by Crippen LogP contribution is 2.14. The van der Waals surface area contributed by atoms with Gasteiger partial charge in [-0.1, -0.05) is 12.1 Å². The van der Waals surface area contributed by atoms with E-state index in [2.05, 4.69) is 0 Å². The lowest BCUT2D eigenvalue weighted by Gasteiger charge is -2.19. The molecule has 2 N–H and O–H groups in total. The number of hydrogen-bond donors (Lipinski definition) is 1. The lowest BCUT2D eigenvalue weighted by atomic mass is 10.2. The van der Waals surface area contributed by atoms with Crippen LogP contribution >= 0.6 is 0 Å². The SMILES string of the molecule is CN(Cc1ccc(N(C)C)cc1)C(=O)Cn1cc([N+](=O)[O-])cc(C(N)=O)c1=O. The zero-order valence-corrected chi connectivity index (χ0v) is 15.8. The van der Waals surface area contributed by atoms with Crippen LogP contribution in [0.25, 0.3) is 0 Å². The predicted octanol–water partition coefficient (Wildman–Crippen LogP) is 0.580. The van der Waals surface area contributed by atoms with Crippen LogP contribution in [0.5, 0.6) is 0 Å². The molecule has 0 aliphatic heterocycles. The van der Waals surface area contributed by atoms with E-state index < -0.39 is 40.1 Å². The van der Waals surface area contributed by atoms with Crippen LogP contribution in [0.2, 0.25) is 0 Å². The minimum Gasteiger partial charge on any atom is -0.378 e. The number of carbonyl (C=O) groups is 2. The molecule has 0 radical (unpaired) electrons. The van der Waals surface area contributed by atoms with Gasteiger partial charge in [-0.05, 0) is 17.7 Å². The van der Waals surface area contributed by atoms with Gasteiger partial charge in [-0.25, -0.2) is 0 Å². The molecule has 1 heterocycles. The van der Waals surface area contributed by atoms with Gasteiger partial charge >= 0.3 is 0 Å². The molecular formula is C18H21N5O5. The summed E-state index contributed by atoms with van der Waals surface area (Å²) in [5, 5.41) is 11.0. The molecule has 0 atom stereocenters. The van der Waals surface area contributed by atoms with Gasteiger partial charge in [0.05, 0.1) is 11.1 Å². The third kappa shape index (κ3) is 4.72. The van der Waals surface area contributed by atoms with Gasteiger partial charge < -0.3 is 15.5 Å². The Hall–Kier alpha value is -3.69. The molecule has 0 aliphatic rings. The Balaban J connectivity index is 2.20. The Morgan fingerprint density at radius 2 is 1.79 bits per heavy atom. The number of nitrogens with two attached hydrogens (primary N) is 1. The van der Waals surface area contributed by atoms with Gasteiger partial charge in [0.1, 0.15) is 12.1 Å². The second-order valence-corrected chi connectivity index (χ2v) is 6.48. The highest BCUT2D eigenvalue weighted by molar-refractivity contribution is 5.93. The third-order valence-corrected chi connectivity index (χ3v) is 4.15. The molecule has 0 unspecified atom stereocenters. The maximum absolute atomic E-state index is 12.5. The maximum atomic E-state index is 12.5. The molecule has 2 rings (SSSR count). The van der Waals surface area contributed by atoms with Gasteiger partial charge in [0.2, 0.25) is 5.91 Å². The van der Waals surface area contributed by atoms with Gasteiger partial charge in [-0.3, -0.25) is 29.1 Å². The summed E-state index contributed by atoms with van der Waals surface area (Å²) < 4.78 is 0.826. The summed E-state index contributed by atoms with van der Waals surface area (Å²) in [5.41, 5.74) is 5.11. The van der Waals surface area contributed by atoms with E-state index in [0.29, 0.717) is 6.54 Å². The van der Waals surface area contributed by atoms with Crippen LogP contribution in [-0.4, -0.2) is 47.3 Å². The first-order valence-corrected chi connectivity index (χ1v) is 8.29. The molecule has 1 aromatic heterocycles. The Morgan fingerprint density at radius 3 is 2.29 bits per heavy atom. The van der Waals surface area contributed by atoms with Gasteiger partial charge in [-0.2, -0.15) is 0 Å². The van der Waals surface area contributed by atoms with E-state index in [-0.39, 0.29) is 0 Å². The normalized spacial score (nSPS) is 10.4. The van der Waals surface area contributed by atoms with Gasteiger partial charge in [0, 0.05) is 39.4 Å². The largest absolute Gasteiger partial charge is 0.378 e. The van der Waals surface area contributed by atoms with Crippen molar-refractivity contribution in [1.29, 1.82) is 0 Å². The van der Waals surface area contributed by atoms with Crippen LogP contribution in [0, 0.1) is 10.1 Å². The zero-order valence-electron chi connectivity index (χ0n) is 15.8. The summed E-state index contributed by atoms with van der Waals surface area (Å²) in [5.74, 6) is -1.54. The summed E-state index contributed by atoms with van der Waals surface area (Å²) >= 11 is 0. The lowest BCUT2D eigenvalue weighted by molar-refractivity contribution is -0.385. The molecule has 1 aromatic carbocycles. The molecule has 0 saturated heterocycles. The Bertz CT molecular complexity index is 965. The number of rotatable bonds is 7. The first-order valence-electron chi connectivity index (χ1n) is 8.29. The molecule has 0 bridgehead atoms. The first kappa shape index (κ1) is 20.6. The topological polar surface area (TPSA) is 132 Å². The van der Waals surface area contributed by atoms with Crippen molar-refractivity contribution < 1.29 is 14.5 Å². The van der Waals surface area contributed by atoms with Crippen LogP contribution < -0.4 is 16.2 Å². The number of hydrogen-bond acceptors (Lipinski definition) is 6. The van der Waals surface area contributed by atoms with Gasteiger partial charge in [0.15, 0.2) is 0 Å². The molecule has 10 heteroatoms. The molecule has 2 aromatic rings. The number of nitrogens with zero attached hydrogens (tertiary/aromatic N) is 4. The van der Waals surface area contributed by atoms with Crippen LogP contribution in [-0.2, 0) is 17.9 Å². The summed E-state index contributed by atoms with van der Waals surface area (Å²) in [6.45, 7) is -0.161. The molecule has 148 valence electrons. The number of aromatic nitrogens is 1. The summed E-state index contributed by atoms with van der Waals surface area (Å²) in [6, 6.07) is 8.39. The van der Waals surface area contributed by atoms with Crippen molar-refractivity contribution in [1.82, 2.24) is 9.47 Å². The molecule has 28 heavy (non-hydrogen) atoms. The second-order valence-electron chi connectivity index (χ2n) is 6.48. The predicted molar refractivity (Wildman–Crippen MR) is 103 cm³/mol. The van der Waals surface area contributed by atoms with Crippen molar-refractivity contribution in [3.8, 4) is 0 Å². The van der Waals surface area contributed by atoms with Gasteiger partial charge in [-0.15, -0.1) is 0 Å². The van der Waals surface area contributed by atoms with Crippen molar-refractivity contribution in [2.24, 2.45) is 5.73 Å². The lowest BCUT2D eigenvalue weighted by Crippen LogP contribution is -2.36. The van der Waals surface area contributed by atoms with Crippen molar-refractivity contribution in [3.63, 3.8) is 0 Å². The van der Waals surface area contributed by atoms with E-state index in [9.17, 15) is 24.5 Å². The quantitative estimate of drug-likeness (QED) is 0.546. The molecule has 0 saturated carbocycles. The van der Waals surface area contributed by atoms with Crippen molar-refractivity contribution in [2.75, 3.05) is 26.0 Å². The van der Waals surface area contributed by atoms with Crippen LogP contribution in [0.3, 0.4) is 0 Å². The fourth-order valence-electron chi connectivity index (χ4n) is 2.54. The number of amides is 2. The van der Waals surface area contributed by atoms with Gasteiger partial charge in [0.25, 0.3) is 17.2 Å². The van der Waals surface area contributed by atoms with E-state index in [1.807, 2.05) is 43.3 Å². The molecule has 0 spiro atoms. The molecular weight excluding hydrogens is 366 g/mol. The van der Waals surface area contributed by atoms with E-state index >= 15 is 0 Å². The Kier molecular flexibility index (Phi) is 6.14. The number of benzene rings is 1. The highest BCUT2D eigenvalue weighted by Gasteiger charge is 2.20. The Morgan fingerprint density at radius 1 is 1.18 bits per heavy atom. The van der Waals surface area contributed by atoms with Crippen molar-refractivity contribution >= 4 is 23.2 Å². The zero-order chi connectivity index (χ0) is 21.0. The van der Waals surface area contributed by atoms with E-state index in [0.717, 1.165) is 28.1 Å². The van der Waals surface area contributed by atoms with E-state index in [4.69, 9.17) is 5.73 Å². The molecule has 10 nitrogen and oxygen atoms in total. The van der Waals surface area contributed by atoms with Crippen LogP contribution in [0.1, 0.15) is 15.9 Å². The van der Waals surface area contributed by atoms with Crippen molar-refractivity contribution in [3.05, 3.63) is 68.1 Å². The summed E-state index contributed by atoms with van der Waals surface area (Å²) in [4.78, 5) is 49.7. The third-order valence-electron chi connectivity index (χ3n) is 4.15. The minimum atomic E-state index is -1.09. The molecule has 0 fully saturated rings. The monoisotopic (exact) mass is 387 g/mol. The number of pyridine rings is 1. The number of carbonyl (C=O) groups excluding carboxylic acids is 2. The van der Waals surface area contributed by atoms with E-state index in [1.165, 1.54) is 4.90 Å². The maximum Gasteiger partial charge on any atom is 0.286 e. The van der Waals surface area contributed by atoms with E-state index in [1.54, 1.807) is 7.05 Å². The van der Waals surface area contributed by atoms with Crippen LogP contribution in [0.15, 0.2) is 41.3 Å². The fraction of sp³-hybridized carbons (Fsp3) is 0.278. The Labute approximate surface area is 160 Å². The fourth-order valence-corrected chi connectivity index (χ4v) is 2.54. The highest BCUT2D eigenvalue weighted by atomic mass is 16.6. The van der Waals surface area contributed by atoms with Crippen molar-refractivity contribution in [2.45, 2.75) is 13.1 Å². The molecule has 0 aliphatic carbocycles.